The molecule has 0 amide bonds. The van der Waals surface area contributed by atoms with E-state index in [4.69, 9.17) is 0 Å². The predicted molar refractivity (Wildman–Crippen MR) is 72.5 cm³/mol. The molecular weight excluding hydrogens is 252 g/mol. The minimum absolute atomic E-state index is 0.0799. The second-order valence-electron chi connectivity index (χ2n) is 5.48. The number of rotatable bonds is 5. The molecule has 2 N–H and O–H groups in total. The number of hydrogen-bond acceptors (Lipinski definition) is 3. The molecule has 6 heteroatoms. The first kappa shape index (κ1) is 15.9. The highest BCUT2D eigenvalue weighted by Crippen LogP contribution is 2.23. The van der Waals surface area contributed by atoms with Crippen LogP contribution in [0.25, 0.3) is 0 Å². The number of nitrogens with one attached hydrogen (secondary N) is 1. The van der Waals surface area contributed by atoms with Crippen molar-refractivity contribution in [3.8, 4) is 0 Å². The van der Waals surface area contributed by atoms with Crippen LogP contribution in [0.4, 0.5) is 0 Å². The van der Waals surface area contributed by atoms with Gasteiger partial charge in [0, 0.05) is 18.6 Å². The predicted octanol–water partition coefficient (Wildman–Crippen LogP) is 1.24. The molecule has 0 spiro atoms. The zero-order valence-electron chi connectivity index (χ0n) is 11.6. The zero-order valence-corrected chi connectivity index (χ0v) is 12.4. The van der Waals surface area contributed by atoms with Crippen molar-refractivity contribution in [3.63, 3.8) is 0 Å². The maximum absolute atomic E-state index is 12.3. The molecule has 0 aromatic carbocycles. The summed E-state index contributed by atoms with van der Waals surface area (Å²) in [5.74, 6) is 0. The van der Waals surface area contributed by atoms with Crippen LogP contribution in [0.5, 0.6) is 0 Å². The summed E-state index contributed by atoms with van der Waals surface area (Å²) in [6, 6.07) is -0.186. The SMILES string of the molecule is CC(O)CC1CCCCCN1S(=O)(=O)NC(C)C. The molecule has 1 rings (SSSR count). The minimum Gasteiger partial charge on any atom is -0.393 e. The Morgan fingerprint density at radius 1 is 1.28 bits per heavy atom. The summed E-state index contributed by atoms with van der Waals surface area (Å²) in [4.78, 5) is 0. The quantitative estimate of drug-likeness (QED) is 0.795. The molecule has 1 saturated heterocycles. The lowest BCUT2D eigenvalue weighted by atomic mass is 10.1. The standard InChI is InChI=1S/C12H26N2O3S/c1-10(2)13-18(16,17)14-8-6-4-5-7-12(14)9-11(3)15/h10-13,15H,4-9H2,1-3H3. The summed E-state index contributed by atoms with van der Waals surface area (Å²) in [7, 11) is -3.43. The number of hydrogen-bond donors (Lipinski definition) is 2. The van der Waals surface area contributed by atoms with E-state index in [0.29, 0.717) is 13.0 Å². The minimum atomic E-state index is -3.43. The summed E-state index contributed by atoms with van der Waals surface area (Å²) in [6.07, 6.45) is 3.87. The fraction of sp³-hybridized carbons (Fsp3) is 1.00. The van der Waals surface area contributed by atoms with Crippen molar-refractivity contribution in [1.29, 1.82) is 0 Å². The van der Waals surface area contributed by atoms with Crippen molar-refractivity contribution < 1.29 is 13.5 Å². The molecule has 2 atom stereocenters. The molecule has 0 aliphatic carbocycles. The van der Waals surface area contributed by atoms with Crippen molar-refractivity contribution in [2.75, 3.05) is 6.54 Å². The van der Waals surface area contributed by atoms with Gasteiger partial charge in [-0.1, -0.05) is 12.8 Å². The first-order valence-electron chi connectivity index (χ1n) is 6.80. The fourth-order valence-corrected chi connectivity index (χ4v) is 4.15. The highest BCUT2D eigenvalue weighted by atomic mass is 32.2. The van der Waals surface area contributed by atoms with Crippen LogP contribution in [0, 0.1) is 0 Å². The van der Waals surface area contributed by atoms with Crippen LogP contribution < -0.4 is 4.72 Å². The van der Waals surface area contributed by atoms with Crippen LogP contribution in [0.2, 0.25) is 0 Å². The zero-order chi connectivity index (χ0) is 13.8. The largest absolute Gasteiger partial charge is 0.393 e. The monoisotopic (exact) mass is 278 g/mol. The van der Waals surface area contributed by atoms with E-state index in [2.05, 4.69) is 4.72 Å². The number of aliphatic hydroxyl groups is 1. The fourth-order valence-electron chi connectivity index (χ4n) is 2.46. The Morgan fingerprint density at radius 3 is 2.50 bits per heavy atom. The van der Waals surface area contributed by atoms with Crippen LogP contribution in [0.3, 0.4) is 0 Å². The molecule has 5 nitrogen and oxygen atoms in total. The number of aliphatic hydroxyl groups excluding tert-OH is 1. The molecule has 0 saturated carbocycles. The third-order valence-corrected chi connectivity index (χ3v) is 5.00. The molecule has 108 valence electrons. The van der Waals surface area contributed by atoms with Gasteiger partial charge in [-0.05, 0) is 40.0 Å². The van der Waals surface area contributed by atoms with Gasteiger partial charge in [0.2, 0.25) is 0 Å². The van der Waals surface area contributed by atoms with E-state index in [0.717, 1.165) is 25.7 Å². The van der Waals surface area contributed by atoms with Gasteiger partial charge in [0.25, 0.3) is 10.2 Å². The van der Waals surface area contributed by atoms with E-state index in [1.165, 1.54) is 0 Å². The molecule has 1 heterocycles. The summed E-state index contributed by atoms with van der Waals surface area (Å²) >= 11 is 0. The third-order valence-electron chi connectivity index (χ3n) is 3.13. The van der Waals surface area contributed by atoms with E-state index in [1.807, 2.05) is 13.8 Å². The highest BCUT2D eigenvalue weighted by molar-refractivity contribution is 7.87. The molecular formula is C12H26N2O3S. The average molecular weight is 278 g/mol. The maximum atomic E-state index is 12.3. The molecule has 1 fully saturated rings. The van der Waals surface area contributed by atoms with Crippen molar-refractivity contribution in [3.05, 3.63) is 0 Å². The highest BCUT2D eigenvalue weighted by Gasteiger charge is 2.31. The lowest BCUT2D eigenvalue weighted by Crippen LogP contribution is -2.49. The molecule has 1 aliphatic heterocycles. The van der Waals surface area contributed by atoms with Crippen LogP contribution >= 0.6 is 0 Å². The third kappa shape index (κ3) is 4.84. The second kappa shape index (κ2) is 6.84. The lowest BCUT2D eigenvalue weighted by molar-refractivity contribution is 0.146. The Labute approximate surface area is 111 Å². The Morgan fingerprint density at radius 2 is 1.94 bits per heavy atom. The summed E-state index contributed by atoms with van der Waals surface area (Å²) in [5.41, 5.74) is 0. The Bertz CT molecular complexity index is 341. The van der Waals surface area contributed by atoms with Gasteiger partial charge in [-0.2, -0.15) is 17.4 Å². The van der Waals surface area contributed by atoms with Gasteiger partial charge in [-0.25, -0.2) is 0 Å². The van der Waals surface area contributed by atoms with E-state index < -0.39 is 16.3 Å². The van der Waals surface area contributed by atoms with Crippen LogP contribution in [0.1, 0.15) is 52.9 Å². The average Bonchev–Trinajstić information content (AvgIpc) is 2.40. The molecule has 0 aromatic heterocycles. The van der Waals surface area contributed by atoms with Crippen LogP contribution in [-0.4, -0.2) is 42.6 Å². The van der Waals surface area contributed by atoms with Gasteiger partial charge in [0.1, 0.15) is 0 Å². The lowest BCUT2D eigenvalue weighted by Gasteiger charge is -2.30. The van der Waals surface area contributed by atoms with E-state index in [9.17, 15) is 13.5 Å². The van der Waals surface area contributed by atoms with Gasteiger partial charge in [0.15, 0.2) is 0 Å². The Hall–Kier alpha value is -0.170. The Balaban J connectivity index is 2.84. The first-order valence-corrected chi connectivity index (χ1v) is 8.24. The normalized spacial score (nSPS) is 25.1. The van der Waals surface area contributed by atoms with Crippen molar-refractivity contribution in [2.24, 2.45) is 0 Å². The molecule has 2 unspecified atom stereocenters. The molecule has 0 radical (unpaired) electrons. The summed E-state index contributed by atoms with van der Waals surface area (Å²) in [6.45, 7) is 5.91. The topological polar surface area (TPSA) is 69.6 Å². The number of nitrogens with zero attached hydrogens (tertiary/aromatic N) is 1. The van der Waals surface area contributed by atoms with Crippen molar-refractivity contribution in [2.45, 2.75) is 71.1 Å². The van der Waals surface area contributed by atoms with Crippen LogP contribution in [-0.2, 0) is 10.2 Å². The molecule has 1 aliphatic rings. The van der Waals surface area contributed by atoms with E-state index in [-0.39, 0.29) is 12.1 Å². The van der Waals surface area contributed by atoms with Gasteiger partial charge in [-0.15, -0.1) is 0 Å². The van der Waals surface area contributed by atoms with Gasteiger partial charge in [-0.3, -0.25) is 0 Å². The molecule has 18 heavy (non-hydrogen) atoms. The summed E-state index contributed by atoms with van der Waals surface area (Å²) < 4.78 is 28.7. The van der Waals surface area contributed by atoms with Crippen molar-refractivity contribution in [1.82, 2.24) is 9.03 Å². The Kier molecular flexibility index (Phi) is 6.04. The maximum Gasteiger partial charge on any atom is 0.279 e. The molecule has 0 bridgehead atoms. The van der Waals surface area contributed by atoms with Gasteiger partial charge in [0.05, 0.1) is 6.10 Å². The van der Waals surface area contributed by atoms with E-state index in [1.54, 1.807) is 11.2 Å². The van der Waals surface area contributed by atoms with Crippen LogP contribution in [0.15, 0.2) is 0 Å². The van der Waals surface area contributed by atoms with Gasteiger partial charge >= 0.3 is 0 Å². The summed E-state index contributed by atoms with van der Waals surface area (Å²) in [5, 5.41) is 9.52. The molecule has 0 aromatic rings. The van der Waals surface area contributed by atoms with E-state index >= 15 is 0 Å². The first-order chi connectivity index (χ1) is 8.33. The van der Waals surface area contributed by atoms with Crippen molar-refractivity contribution >= 4 is 10.2 Å². The smallest absolute Gasteiger partial charge is 0.279 e. The van der Waals surface area contributed by atoms with Gasteiger partial charge < -0.3 is 5.11 Å². The second-order valence-corrected chi connectivity index (χ2v) is 7.13.